The van der Waals surface area contributed by atoms with Gasteiger partial charge in [0.15, 0.2) is 0 Å². The summed E-state index contributed by atoms with van der Waals surface area (Å²) in [6.07, 6.45) is 2.49. The highest BCUT2D eigenvalue weighted by Crippen LogP contribution is 2.21. The van der Waals surface area contributed by atoms with Crippen LogP contribution in [-0.2, 0) is 4.79 Å². The molecule has 0 aromatic heterocycles. The van der Waals surface area contributed by atoms with Gasteiger partial charge in [0.1, 0.15) is 0 Å². The third kappa shape index (κ3) is 1.69. The standard InChI is InChI=1S/C9H17N3O/c10-3-5-12-6-8-2-1-4-11(8)7-9(12)13/h8H,1-7,10H2. The van der Waals surface area contributed by atoms with Gasteiger partial charge in [-0.25, -0.2) is 0 Å². The Morgan fingerprint density at radius 2 is 2.38 bits per heavy atom. The lowest BCUT2D eigenvalue weighted by Gasteiger charge is -2.36. The number of amides is 1. The predicted molar refractivity (Wildman–Crippen MR) is 50.2 cm³/mol. The molecule has 0 saturated carbocycles. The van der Waals surface area contributed by atoms with Crippen molar-refractivity contribution in [3.8, 4) is 0 Å². The molecule has 2 N–H and O–H groups in total. The number of carbonyl (C=O) groups is 1. The van der Waals surface area contributed by atoms with Gasteiger partial charge in [0, 0.05) is 25.7 Å². The van der Waals surface area contributed by atoms with Crippen molar-refractivity contribution in [3.05, 3.63) is 0 Å². The van der Waals surface area contributed by atoms with Crippen LogP contribution in [0, 0.1) is 0 Å². The molecule has 0 spiro atoms. The van der Waals surface area contributed by atoms with Crippen molar-refractivity contribution in [3.63, 3.8) is 0 Å². The Labute approximate surface area is 78.7 Å². The van der Waals surface area contributed by atoms with Crippen molar-refractivity contribution in [2.45, 2.75) is 18.9 Å². The molecule has 0 aromatic carbocycles. The van der Waals surface area contributed by atoms with Crippen LogP contribution < -0.4 is 5.73 Å². The van der Waals surface area contributed by atoms with Gasteiger partial charge in [0.05, 0.1) is 6.54 Å². The minimum absolute atomic E-state index is 0.253. The number of hydrogen-bond acceptors (Lipinski definition) is 3. The van der Waals surface area contributed by atoms with Crippen molar-refractivity contribution < 1.29 is 4.79 Å². The highest BCUT2D eigenvalue weighted by molar-refractivity contribution is 5.79. The second-order valence-corrected chi connectivity index (χ2v) is 3.89. The summed E-state index contributed by atoms with van der Waals surface area (Å²) in [5.41, 5.74) is 5.45. The molecule has 2 aliphatic rings. The highest BCUT2D eigenvalue weighted by Gasteiger charge is 2.34. The Kier molecular flexibility index (Phi) is 2.51. The zero-order valence-electron chi connectivity index (χ0n) is 7.91. The van der Waals surface area contributed by atoms with Gasteiger partial charge in [-0.15, -0.1) is 0 Å². The molecule has 0 aromatic rings. The lowest BCUT2D eigenvalue weighted by atomic mass is 10.1. The van der Waals surface area contributed by atoms with Gasteiger partial charge >= 0.3 is 0 Å². The molecule has 0 radical (unpaired) electrons. The Morgan fingerprint density at radius 1 is 1.54 bits per heavy atom. The van der Waals surface area contributed by atoms with E-state index in [2.05, 4.69) is 4.90 Å². The molecule has 2 saturated heterocycles. The maximum Gasteiger partial charge on any atom is 0.236 e. The summed E-state index contributed by atoms with van der Waals surface area (Å²) in [6, 6.07) is 0.615. The first-order valence-electron chi connectivity index (χ1n) is 5.03. The predicted octanol–water partition coefficient (Wildman–Crippen LogP) is -0.748. The second-order valence-electron chi connectivity index (χ2n) is 3.89. The first kappa shape index (κ1) is 8.97. The molecule has 1 amide bonds. The first-order chi connectivity index (χ1) is 6.31. The van der Waals surface area contributed by atoms with E-state index in [4.69, 9.17) is 5.73 Å². The Balaban J connectivity index is 1.97. The number of hydrogen-bond donors (Lipinski definition) is 1. The largest absolute Gasteiger partial charge is 0.339 e. The number of nitrogens with two attached hydrogens (primary N) is 1. The minimum atomic E-state index is 0.253. The van der Waals surface area contributed by atoms with E-state index >= 15 is 0 Å². The average Bonchev–Trinajstić information content (AvgIpc) is 2.52. The number of fused-ring (bicyclic) bond motifs is 1. The fourth-order valence-electron chi connectivity index (χ4n) is 2.31. The topological polar surface area (TPSA) is 49.6 Å². The smallest absolute Gasteiger partial charge is 0.236 e. The van der Waals surface area contributed by atoms with Crippen LogP contribution in [-0.4, -0.2) is 54.5 Å². The molecule has 0 bridgehead atoms. The third-order valence-corrected chi connectivity index (χ3v) is 3.02. The zero-order valence-corrected chi connectivity index (χ0v) is 7.91. The summed E-state index contributed by atoms with van der Waals surface area (Å²) in [6.45, 7) is 3.93. The molecular formula is C9H17N3O. The lowest BCUT2D eigenvalue weighted by Crippen LogP contribution is -2.54. The van der Waals surface area contributed by atoms with Crippen molar-refractivity contribution in [1.29, 1.82) is 0 Å². The average molecular weight is 183 g/mol. The fraction of sp³-hybridized carbons (Fsp3) is 0.889. The van der Waals surface area contributed by atoms with Gasteiger partial charge in [0.25, 0.3) is 0 Å². The normalized spacial score (nSPS) is 29.5. The zero-order chi connectivity index (χ0) is 9.26. The highest BCUT2D eigenvalue weighted by atomic mass is 16.2. The minimum Gasteiger partial charge on any atom is -0.339 e. The second kappa shape index (κ2) is 3.64. The molecule has 4 nitrogen and oxygen atoms in total. The molecule has 4 heteroatoms. The molecule has 13 heavy (non-hydrogen) atoms. The van der Waals surface area contributed by atoms with E-state index in [1.165, 1.54) is 12.8 Å². The maximum atomic E-state index is 11.6. The Bertz CT molecular complexity index is 207. The van der Waals surface area contributed by atoms with E-state index in [1.54, 1.807) is 0 Å². The van der Waals surface area contributed by atoms with Gasteiger partial charge in [-0.3, -0.25) is 9.69 Å². The Hall–Kier alpha value is -0.610. The number of rotatable bonds is 2. The number of carbonyl (C=O) groups excluding carboxylic acids is 1. The summed E-state index contributed by atoms with van der Waals surface area (Å²) in [5, 5.41) is 0. The summed E-state index contributed by atoms with van der Waals surface area (Å²) in [4.78, 5) is 15.8. The van der Waals surface area contributed by atoms with Crippen LogP contribution in [0.1, 0.15) is 12.8 Å². The lowest BCUT2D eigenvalue weighted by molar-refractivity contribution is -0.137. The molecule has 74 valence electrons. The molecule has 1 unspecified atom stereocenters. The Morgan fingerprint density at radius 3 is 3.15 bits per heavy atom. The summed E-state index contributed by atoms with van der Waals surface area (Å²) in [7, 11) is 0. The van der Waals surface area contributed by atoms with Crippen molar-refractivity contribution in [1.82, 2.24) is 9.80 Å². The van der Waals surface area contributed by atoms with Crippen LogP contribution in [0.2, 0.25) is 0 Å². The SMILES string of the molecule is NCCN1CC2CCCN2CC1=O. The van der Waals surface area contributed by atoms with Gasteiger partial charge in [-0.1, -0.05) is 0 Å². The molecule has 0 aliphatic carbocycles. The molecule has 1 atom stereocenters. The molecule has 2 heterocycles. The first-order valence-corrected chi connectivity index (χ1v) is 5.03. The molecule has 2 fully saturated rings. The van der Waals surface area contributed by atoms with Gasteiger partial charge < -0.3 is 10.6 Å². The van der Waals surface area contributed by atoms with Gasteiger partial charge in [-0.05, 0) is 19.4 Å². The van der Waals surface area contributed by atoms with E-state index in [1.807, 2.05) is 4.90 Å². The van der Waals surface area contributed by atoms with Crippen LogP contribution >= 0.6 is 0 Å². The van der Waals surface area contributed by atoms with E-state index in [-0.39, 0.29) is 5.91 Å². The number of piperazine rings is 1. The van der Waals surface area contributed by atoms with E-state index in [9.17, 15) is 4.79 Å². The molecule has 2 aliphatic heterocycles. The van der Waals surface area contributed by atoms with Crippen LogP contribution in [0.5, 0.6) is 0 Å². The van der Waals surface area contributed by atoms with E-state index in [0.29, 0.717) is 19.1 Å². The van der Waals surface area contributed by atoms with Crippen LogP contribution in [0.15, 0.2) is 0 Å². The monoisotopic (exact) mass is 183 g/mol. The van der Waals surface area contributed by atoms with Crippen LogP contribution in [0.3, 0.4) is 0 Å². The third-order valence-electron chi connectivity index (χ3n) is 3.02. The van der Waals surface area contributed by atoms with Crippen LogP contribution in [0.4, 0.5) is 0 Å². The number of nitrogens with zero attached hydrogens (tertiary/aromatic N) is 2. The maximum absolute atomic E-state index is 11.6. The van der Waals surface area contributed by atoms with Gasteiger partial charge in [-0.2, -0.15) is 0 Å². The molecular weight excluding hydrogens is 166 g/mol. The summed E-state index contributed by atoms with van der Waals surface area (Å²) in [5.74, 6) is 0.253. The summed E-state index contributed by atoms with van der Waals surface area (Å²) < 4.78 is 0. The van der Waals surface area contributed by atoms with Crippen molar-refractivity contribution in [2.24, 2.45) is 5.73 Å². The fourth-order valence-corrected chi connectivity index (χ4v) is 2.31. The quantitative estimate of drug-likeness (QED) is 0.613. The van der Waals surface area contributed by atoms with E-state index < -0.39 is 0 Å². The van der Waals surface area contributed by atoms with Crippen molar-refractivity contribution >= 4 is 5.91 Å². The van der Waals surface area contributed by atoms with Crippen LogP contribution in [0.25, 0.3) is 0 Å². The van der Waals surface area contributed by atoms with Gasteiger partial charge in [0.2, 0.25) is 5.91 Å². The molecule has 2 rings (SSSR count). The van der Waals surface area contributed by atoms with Crippen molar-refractivity contribution in [2.75, 3.05) is 32.7 Å². The van der Waals surface area contributed by atoms with E-state index in [0.717, 1.165) is 19.6 Å². The summed E-state index contributed by atoms with van der Waals surface area (Å²) >= 11 is 0.